The van der Waals surface area contributed by atoms with E-state index in [1.807, 2.05) is 62.5 Å². The van der Waals surface area contributed by atoms with Gasteiger partial charge in [-0.1, -0.05) is 25.1 Å². The van der Waals surface area contributed by atoms with Gasteiger partial charge in [-0.25, -0.2) is 0 Å². The average molecular weight is 537 g/mol. The smallest absolute Gasteiger partial charge is 0.270 e. The number of rotatable bonds is 9. The number of anilines is 1. The summed E-state index contributed by atoms with van der Waals surface area (Å²) in [4.78, 5) is 46.5. The number of aromatic nitrogens is 2. The Balaban J connectivity index is 1.87. The topological polar surface area (TPSA) is 144 Å². The van der Waals surface area contributed by atoms with E-state index in [1.54, 1.807) is 12.3 Å². The molecule has 1 atom stereocenters. The van der Waals surface area contributed by atoms with Crippen LogP contribution in [0.15, 0.2) is 54.0 Å². The van der Waals surface area contributed by atoms with Crippen LogP contribution in [0.1, 0.15) is 63.8 Å². The first kappa shape index (κ1) is 26.2. The van der Waals surface area contributed by atoms with E-state index in [-0.39, 0.29) is 28.7 Å². The minimum Gasteiger partial charge on any atom is -0.395 e. The number of carbonyl (C=O) groups is 3. The van der Waals surface area contributed by atoms with Crippen LogP contribution >= 0.6 is 22.9 Å². The van der Waals surface area contributed by atoms with Crippen molar-refractivity contribution in [1.29, 1.82) is 0 Å². The largest absolute Gasteiger partial charge is 0.395 e. The summed E-state index contributed by atoms with van der Waals surface area (Å²) in [6.07, 6.45) is 2.39. The molecular weight excluding hydrogens is 508 g/mol. The number of pyridine rings is 1. The number of hydrogen-bond donors (Lipinski definition) is 3. The number of carbonyl (C=O) groups excluding carboxylic acids is 3. The molecule has 3 aromatic heterocycles. The Bertz CT molecular complexity index is 1450. The van der Waals surface area contributed by atoms with Crippen LogP contribution in [-0.2, 0) is 11.3 Å². The Morgan fingerprint density at radius 1 is 1.16 bits per heavy atom. The molecule has 4 aromatic rings. The van der Waals surface area contributed by atoms with Gasteiger partial charge in [0.15, 0.2) is 5.69 Å². The van der Waals surface area contributed by atoms with Crippen LogP contribution in [0.4, 0.5) is 5.69 Å². The highest BCUT2D eigenvalue weighted by Crippen LogP contribution is 2.32. The van der Waals surface area contributed by atoms with Crippen molar-refractivity contribution < 1.29 is 14.4 Å². The summed E-state index contributed by atoms with van der Waals surface area (Å²) in [5.41, 5.74) is 12.1. The molecule has 0 saturated heterocycles. The molecule has 0 bridgehead atoms. The fourth-order valence-electron chi connectivity index (χ4n) is 3.84. The molecule has 37 heavy (non-hydrogen) atoms. The maximum absolute atomic E-state index is 14.0. The molecular formula is C26H28N6O3S2. The normalized spacial score (nSPS) is 12.3. The monoisotopic (exact) mass is 536 g/mol. The van der Waals surface area contributed by atoms with Crippen LogP contribution in [0.5, 0.6) is 0 Å². The van der Waals surface area contributed by atoms with Crippen LogP contribution in [0.25, 0.3) is 10.9 Å². The number of fused-ring (bicyclic) bond motifs is 1. The lowest BCUT2D eigenvalue weighted by Crippen LogP contribution is -2.50. The SMILES string of the molecule is CCC(C)(C)NC(=O)C(c1ccc2ncccc2c1)N(Cc1cccs1)C(=O)c1snc(C(N)=O)c1N. The Kier molecular flexibility index (Phi) is 7.55. The number of nitrogen functional groups attached to an aromatic ring is 1. The van der Waals surface area contributed by atoms with Gasteiger partial charge in [-0.2, -0.15) is 4.37 Å². The van der Waals surface area contributed by atoms with E-state index in [2.05, 4.69) is 14.7 Å². The van der Waals surface area contributed by atoms with Gasteiger partial charge in [0.2, 0.25) is 5.91 Å². The molecule has 0 fully saturated rings. The zero-order valence-corrected chi connectivity index (χ0v) is 22.4. The molecule has 192 valence electrons. The Morgan fingerprint density at radius 3 is 2.59 bits per heavy atom. The highest BCUT2D eigenvalue weighted by atomic mass is 32.1. The van der Waals surface area contributed by atoms with Crippen LogP contribution in [-0.4, -0.2) is 37.5 Å². The number of amides is 3. The molecule has 4 rings (SSSR count). The Morgan fingerprint density at radius 2 is 1.95 bits per heavy atom. The van der Waals surface area contributed by atoms with Crippen molar-refractivity contribution in [3.63, 3.8) is 0 Å². The maximum Gasteiger partial charge on any atom is 0.270 e. The summed E-state index contributed by atoms with van der Waals surface area (Å²) >= 11 is 2.26. The van der Waals surface area contributed by atoms with Gasteiger partial charge in [-0.3, -0.25) is 19.4 Å². The van der Waals surface area contributed by atoms with Crippen LogP contribution in [0.2, 0.25) is 0 Å². The summed E-state index contributed by atoms with van der Waals surface area (Å²) in [7, 11) is 0. The molecule has 0 aliphatic rings. The third kappa shape index (κ3) is 5.62. The minimum atomic E-state index is -0.997. The van der Waals surface area contributed by atoms with Gasteiger partial charge < -0.3 is 21.7 Å². The second-order valence-electron chi connectivity index (χ2n) is 9.24. The van der Waals surface area contributed by atoms with E-state index >= 15 is 0 Å². The molecule has 11 heteroatoms. The summed E-state index contributed by atoms with van der Waals surface area (Å²) < 4.78 is 3.99. The Hall–Kier alpha value is -3.83. The number of nitrogens with one attached hydrogen (secondary N) is 1. The van der Waals surface area contributed by atoms with Crippen molar-refractivity contribution in [3.8, 4) is 0 Å². The highest BCUT2D eigenvalue weighted by Gasteiger charge is 2.36. The van der Waals surface area contributed by atoms with E-state index in [0.29, 0.717) is 12.0 Å². The van der Waals surface area contributed by atoms with Crippen molar-refractivity contribution in [2.24, 2.45) is 5.73 Å². The van der Waals surface area contributed by atoms with E-state index in [9.17, 15) is 14.4 Å². The van der Waals surface area contributed by atoms with Gasteiger partial charge in [0.25, 0.3) is 11.8 Å². The van der Waals surface area contributed by atoms with E-state index < -0.39 is 23.4 Å². The van der Waals surface area contributed by atoms with Crippen LogP contribution in [0, 0.1) is 0 Å². The molecule has 9 nitrogen and oxygen atoms in total. The van der Waals surface area contributed by atoms with E-state index in [0.717, 1.165) is 27.3 Å². The third-order valence-corrected chi connectivity index (χ3v) is 7.88. The zero-order valence-electron chi connectivity index (χ0n) is 20.7. The fraction of sp³-hybridized carbons (Fsp3) is 0.269. The molecule has 5 N–H and O–H groups in total. The number of nitrogens with two attached hydrogens (primary N) is 2. The molecule has 3 heterocycles. The lowest BCUT2D eigenvalue weighted by atomic mass is 9.97. The second kappa shape index (κ2) is 10.7. The average Bonchev–Trinajstić information content (AvgIpc) is 3.52. The van der Waals surface area contributed by atoms with Crippen molar-refractivity contribution in [3.05, 3.63) is 75.1 Å². The van der Waals surface area contributed by atoms with E-state index in [1.165, 1.54) is 16.2 Å². The first-order valence-corrected chi connectivity index (χ1v) is 13.3. The first-order valence-electron chi connectivity index (χ1n) is 11.7. The quantitative estimate of drug-likeness (QED) is 0.293. The van der Waals surface area contributed by atoms with E-state index in [4.69, 9.17) is 11.5 Å². The van der Waals surface area contributed by atoms with Gasteiger partial charge in [-0.05, 0) is 67.0 Å². The number of primary amides is 1. The number of thiophene rings is 1. The van der Waals surface area contributed by atoms with Gasteiger partial charge in [0, 0.05) is 22.0 Å². The van der Waals surface area contributed by atoms with Crippen molar-refractivity contribution in [2.75, 3.05) is 5.73 Å². The molecule has 0 saturated carbocycles. The van der Waals surface area contributed by atoms with Crippen LogP contribution in [0.3, 0.4) is 0 Å². The van der Waals surface area contributed by atoms with Gasteiger partial charge in [-0.15, -0.1) is 11.3 Å². The minimum absolute atomic E-state index is 0.0559. The lowest BCUT2D eigenvalue weighted by Gasteiger charge is -2.34. The van der Waals surface area contributed by atoms with Crippen LogP contribution < -0.4 is 16.8 Å². The van der Waals surface area contributed by atoms with Gasteiger partial charge in [0.05, 0.1) is 17.7 Å². The summed E-state index contributed by atoms with van der Waals surface area (Å²) in [5.74, 6) is -1.67. The zero-order chi connectivity index (χ0) is 26.7. The predicted octanol–water partition coefficient (Wildman–Crippen LogP) is 4.12. The molecule has 0 spiro atoms. The molecule has 3 amide bonds. The fourth-order valence-corrected chi connectivity index (χ4v) is 5.30. The number of hydrogen-bond acceptors (Lipinski definition) is 8. The molecule has 0 aliphatic carbocycles. The molecule has 1 unspecified atom stereocenters. The Labute approximate surface area is 222 Å². The lowest BCUT2D eigenvalue weighted by molar-refractivity contribution is -0.127. The summed E-state index contributed by atoms with van der Waals surface area (Å²) in [5, 5.41) is 5.84. The van der Waals surface area contributed by atoms with Crippen molar-refractivity contribution >= 4 is 57.2 Å². The third-order valence-electron chi connectivity index (χ3n) is 6.17. The maximum atomic E-state index is 14.0. The van der Waals surface area contributed by atoms with Gasteiger partial charge >= 0.3 is 0 Å². The summed E-state index contributed by atoms with van der Waals surface area (Å²) in [6.45, 7) is 5.99. The predicted molar refractivity (Wildman–Crippen MR) is 146 cm³/mol. The highest BCUT2D eigenvalue weighted by molar-refractivity contribution is 7.10. The summed E-state index contributed by atoms with van der Waals surface area (Å²) in [6, 6.07) is 12.0. The second-order valence-corrected chi connectivity index (χ2v) is 11.0. The molecule has 0 aliphatic heterocycles. The first-order chi connectivity index (χ1) is 17.6. The standard InChI is InChI=1S/C26H28N6O3S2/c1-4-26(2,3)30-24(34)21(16-9-10-18-15(13-16)7-5-11-29-18)32(14-17-8-6-12-36-17)25(35)22-19(27)20(23(28)33)31-37-22/h5-13,21H,4,14,27H2,1-3H3,(H2,28,33)(H,30,34). The number of nitrogens with zero attached hydrogens (tertiary/aromatic N) is 3. The van der Waals surface area contributed by atoms with Crippen molar-refractivity contribution in [1.82, 2.24) is 19.6 Å². The van der Waals surface area contributed by atoms with Crippen molar-refractivity contribution in [2.45, 2.75) is 45.3 Å². The molecule has 1 aromatic carbocycles. The molecule has 0 radical (unpaired) electrons. The van der Waals surface area contributed by atoms with Gasteiger partial charge in [0.1, 0.15) is 10.9 Å². The number of benzene rings is 1.